The zero-order chi connectivity index (χ0) is 20.5. The number of para-hydroxylation sites is 1. The molecule has 1 amide bonds. The number of carbonyl (C=O) groups excluding carboxylic acids is 1. The number of anilines is 1. The van der Waals surface area contributed by atoms with Gasteiger partial charge in [0, 0.05) is 23.2 Å². The standard InChI is InChI=1S/C20H20N2O6S/c23-19(21-12-5-6-12)10-8-16(20(24)25)22(29(26)27)13-7-9-18-15(11-13)14-3-1-2-4-17(14)28-18/h1-4,7,9,11-12,16H,5-6,8,10H2,(H,21,23)(H,24,25)(H,26,27). The molecule has 2 unspecified atom stereocenters. The summed E-state index contributed by atoms with van der Waals surface area (Å²) in [7, 11) is 0. The summed E-state index contributed by atoms with van der Waals surface area (Å²) in [4.78, 5) is 23.8. The first-order valence-corrected chi connectivity index (χ1v) is 10.3. The van der Waals surface area contributed by atoms with Gasteiger partial charge in [0.05, 0.1) is 5.69 Å². The smallest absolute Gasteiger partial charge is 0.327 e. The van der Waals surface area contributed by atoms with E-state index in [1.54, 1.807) is 18.2 Å². The van der Waals surface area contributed by atoms with E-state index in [0.717, 1.165) is 22.5 Å². The molecule has 0 bridgehead atoms. The van der Waals surface area contributed by atoms with Crippen molar-refractivity contribution in [3.8, 4) is 0 Å². The van der Waals surface area contributed by atoms with E-state index in [1.165, 1.54) is 0 Å². The first-order chi connectivity index (χ1) is 13.9. The second kappa shape index (κ2) is 7.84. The van der Waals surface area contributed by atoms with Crippen LogP contribution < -0.4 is 9.62 Å². The number of rotatable bonds is 8. The van der Waals surface area contributed by atoms with Gasteiger partial charge in [0.25, 0.3) is 11.3 Å². The highest BCUT2D eigenvalue weighted by Gasteiger charge is 2.32. The zero-order valence-corrected chi connectivity index (χ0v) is 16.2. The Morgan fingerprint density at radius 1 is 1.17 bits per heavy atom. The van der Waals surface area contributed by atoms with Crippen LogP contribution in [0.2, 0.25) is 0 Å². The Kier molecular flexibility index (Phi) is 5.25. The Balaban J connectivity index is 1.65. The maximum absolute atomic E-state index is 12.1. The van der Waals surface area contributed by atoms with Crippen LogP contribution in [0.3, 0.4) is 0 Å². The fourth-order valence-electron chi connectivity index (χ4n) is 3.37. The molecule has 3 aromatic rings. The van der Waals surface area contributed by atoms with Gasteiger partial charge in [0.15, 0.2) is 0 Å². The number of carbonyl (C=O) groups is 2. The Labute approximate surface area is 168 Å². The number of carboxylic acid groups (broad SMARTS) is 1. The van der Waals surface area contributed by atoms with Crippen LogP contribution in [0.1, 0.15) is 25.7 Å². The zero-order valence-electron chi connectivity index (χ0n) is 15.4. The Morgan fingerprint density at radius 3 is 2.59 bits per heavy atom. The van der Waals surface area contributed by atoms with Crippen molar-refractivity contribution in [2.75, 3.05) is 4.31 Å². The third kappa shape index (κ3) is 4.10. The van der Waals surface area contributed by atoms with E-state index < -0.39 is 23.3 Å². The predicted molar refractivity (Wildman–Crippen MR) is 109 cm³/mol. The number of amides is 1. The average molecular weight is 416 g/mol. The first kappa shape index (κ1) is 19.4. The molecule has 8 nitrogen and oxygen atoms in total. The van der Waals surface area contributed by atoms with Gasteiger partial charge in [-0.2, -0.15) is 0 Å². The highest BCUT2D eigenvalue weighted by Crippen LogP contribution is 2.33. The van der Waals surface area contributed by atoms with Gasteiger partial charge in [0.1, 0.15) is 17.2 Å². The molecule has 3 N–H and O–H groups in total. The molecule has 4 rings (SSSR count). The molecule has 152 valence electrons. The second-order valence-corrected chi connectivity index (χ2v) is 7.92. The van der Waals surface area contributed by atoms with Crippen molar-refractivity contribution in [2.24, 2.45) is 0 Å². The van der Waals surface area contributed by atoms with E-state index in [9.17, 15) is 23.5 Å². The van der Waals surface area contributed by atoms with Gasteiger partial charge in [-0.05, 0) is 43.5 Å². The SMILES string of the molecule is O=C(CCC(C(=O)O)N(c1ccc2oc3ccccc3c2c1)S(=O)O)NC1CC1. The van der Waals surface area contributed by atoms with Gasteiger partial charge in [-0.1, -0.05) is 18.2 Å². The molecule has 0 aliphatic heterocycles. The lowest BCUT2D eigenvalue weighted by atomic mass is 10.1. The molecule has 29 heavy (non-hydrogen) atoms. The number of furan rings is 1. The molecule has 1 heterocycles. The van der Waals surface area contributed by atoms with E-state index >= 15 is 0 Å². The van der Waals surface area contributed by atoms with Crippen LogP contribution in [0.15, 0.2) is 46.9 Å². The number of nitrogens with zero attached hydrogens (tertiary/aromatic N) is 1. The fraction of sp³-hybridized carbons (Fsp3) is 0.300. The fourth-order valence-corrected chi connectivity index (χ4v) is 4.07. The average Bonchev–Trinajstić information content (AvgIpc) is 3.42. The van der Waals surface area contributed by atoms with Gasteiger partial charge in [-0.25, -0.2) is 9.00 Å². The second-order valence-electron chi connectivity index (χ2n) is 7.07. The molecular weight excluding hydrogens is 396 g/mol. The maximum atomic E-state index is 12.1. The largest absolute Gasteiger partial charge is 0.480 e. The molecule has 1 aliphatic carbocycles. The van der Waals surface area contributed by atoms with Crippen LogP contribution in [0.4, 0.5) is 5.69 Å². The lowest BCUT2D eigenvalue weighted by molar-refractivity contribution is -0.138. The number of carboxylic acids is 1. The highest BCUT2D eigenvalue weighted by molar-refractivity contribution is 7.80. The summed E-state index contributed by atoms with van der Waals surface area (Å²) < 4.78 is 28.6. The number of aliphatic carboxylic acids is 1. The van der Waals surface area contributed by atoms with Gasteiger partial charge in [-0.3, -0.25) is 13.7 Å². The lowest BCUT2D eigenvalue weighted by Gasteiger charge is -2.26. The molecule has 0 spiro atoms. The number of benzene rings is 2. The van der Waals surface area contributed by atoms with Crippen LogP contribution in [-0.4, -0.2) is 37.8 Å². The summed E-state index contributed by atoms with van der Waals surface area (Å²) in [5.41, 5.74) is 1.53. The van der Waals surface area contributed by atoms with Crippen molar-refractivity contribution in [2.45, 2.75) is 37.8 Å². The molecule has 2 atom stereocenters. The molecule has 2 aromatic carbocycles. The lowest BCUT2D eigenvalue weighted by Crippen LogP contribution is -2.43. The molecule has 1 aromatic heterocycles. The van der Waals surface area contributed by atoms with Crippen molar-refractivity contribution in [1.29, 1.82) is 0 Å². The molecule has 0 saturated heterocycles. The van der Waals surface area contributed by atoms with E-state index in [4.69, 9.17) is 4.42 Å². The summed E-state index contributed by atoms with van der Waals surface area (Å²) >= 11 is -2.59. The van der Waals surface area contributed by atoms with E-state index in [2.05, 4.69) is 5.32 Å². The van der Waals surface area contributed by atoms with Crippen molar-refractivity contribution in [3.63, 3.8) is 0 Å². The molecule has 1 saturated carbocycles. The van der Waals surface area contributed by atoms with Crippen molar-refractivity contribution >= 4 is 50.8 Å². The Morgan fingerprint density at radius 2 is 1.90 bits per heavy atom. The molecule has 1 aliphatic rings. The number of nitrogens with one attached hydrogen (secondary N) is 1. The minimum absolute atomic E-state index is 0.0436. The van der Waals surface area contributed by atoms with E-state index in [1.807, 2.05) is 24.3 Å². The highest BCUT2D eigenvalue weighted by atomic mass is 32.2. The normalized spacial score (nSPS) is 15.9. The van der Waals surface area contributed by atoms with E-state index in [0.29, 0.717) is 16.6 Å². The summed E-state index contributed by atoms with van der Waals surface area (Å²) in [5.74, 6) is -1.53. The van der Waals surface area contributed by atoms with Crippen LogP contribution in [-0.2, 0) is 20.9 Å². The van der Waals surface area contributed by atoms with Crippen molar-refractivity contribution in [1.82, 2.24) is 5.32 Å². The summed E-state index contributed by atoms with van der Waals surface area (Å²) in [6.07, 6.45) is 1.72. The molecule has 9 heteroatoms. The minimum atomic E-state index is -2.59. The third-order valence-corrected chi connectivity index (χ3v) is 5.74. The van der Waals surface area contributed by atoms with Crippen LogP contribution in [0, 0.1) is 0 Å². The molecule has 0 radical (unpaired) electrons. The number of hydrogen-bond donors (Lipinski definition) is 3. The minimum Gasteiger partial charge on any atom is -0.480 e. The Hall–Kier alpha value is -2.91. The van der Waals surface area contributed by atoms with Gasteiger partial charge < -0.3 is 14.8 Å². The first-order valence-electron chi connectivity index (χ1n) is 9.27. The number of fused-ring (bicyclic) bond motifs is 3. The summed E-state index contributed by atoms with van der Waals surface area (Å²) in [5, 5.41) is 14.0. The molecular formula is C20H20N2O6S. The van der Waals surface area contributed by atoms with Crippen molar-refractivity contribution in [3.05, 3.63) is 42.5 Å². The maximum Gasteiger partial charge on any atom is 0.327 e. The third-order valence-electron chi connectivity index (χ3n) is 4.94. The number of hydrogen-bond acceptors (Lipinski definition) is 4. The van der Waals surface area contributed by atoms with Gasteiger partial charge >= 0.3 is 5.97 Å². The Bertz CT molecular complexity index is 1110. The topological polar surface area (TPSA) is 120 Å². The predicted octanol–water partition coefficient (Wildman–Crippen LogP) is 3.04. The van der Waals surface area contributed by atoms with Crippen LogP contribution in [0.25, 0.3) is 21.9 Å². The van der Waals surface area contributed by atoms with Crippen LogP contribution in [0.5, 0.6) is 0 Å². The van der Waals surface area contributed by atoms with Gasteiger partial charge in [-0.15, -0.1) is 0 Å². The molecule has 1 fully saturated rings. The van der Waals surface area contributed by atoms with Crippen molar-refractivity contribution < 1.29 is 27.9 Å². The summed E-state index contributed by atoms with van der Waals surface area (Å²) in [6, 6.07) is 11.0. The summed E-state index contributed by atoms with van der Waals surface area (Å²) in [6.45, 7) is 0. The van der Waals surface area contributed by atoms with Gasteiger partial charge in [0.2, 0.25) is 5.91 Å². The monoisotopic (exact) mass is 416 g/mol. The van der Waals surface area contributed by atoms with E-state index in [-0.39, 0.29) is 30.5 Å². The van der Waals surface area contributed by atoms with Crippen LogP contribution >= 0.6 is 0 Å². The quantitative estimate of drug-likeness (QED) is 0.486.